The van der Waals surface area contributed by atoms with Crippen LogP contribution in [0, 0.1) is 0 Å². The molecule has 2 N–H and O–H groups in total. The first-order valence-corrected chi connectivity index (χ1v) is 8.14. The van der Waals surface area contributed by atoms with E-state index >= 15 is 0 Å². The van der Waals surface area contributed by atoms with E-state index in [1.807, 2.05) is 0 Å². The van der Waals surface area contributed by atoms with Gasteiger partial charge in [-0.2, -0.15) is 0 Å². The van der Waals surface area contributed by atoms with Crippen molar-refractivity contribution < 1.29 is 27.9 Å². The summed E-state index contributed by atoms with van der Waals surface area (Å²) in [5, 5.41) is 16.1. The Morgan fingerprint density at radius 1 is 1.55 bits per heavy atom. The van der Waals surface area contributed by atoms with E-state index in [4.69, 9.17) is 9.84 Å². The summed E-state index contributed by atoms with van der Waals surface area (Å²) in [5.41, 5.74) is 0. The van der Waals surface area contributed by atoms with Crippen molar-refractivity contribution in [2.24, 2.45) is 0 Å². The number of amides is 1. The molecule has 12 heteroatoms. The van der Waals surface area contributed by atoms with E-state index in [0.717, 1.165) is 6.26 Å². The summed E-state index contributed by atoms with van der Waals surface area (Å²) in [5.74, 6) is -1.48. The minimum atomic E-state index is -3.47. The number of carboxylic acids is 1. The first-order chi connectivity index (χ1) is 10.2. The van der Waals surface area contributed by atoms with Gasteiger partial charge < -0.3 is 14.7 Å². The highest BCUT2D eigenvalue weighted by Crippen LogP contribution is 2.08. The lowest BCUT2D eigenvalue weighted by Crippen LogP contribution is -2.49. The Labute approximate surface area is 125 Å². The van der Waals surface area contributed by atoms with E-state index in [-0.39, 0.29) is 38.0 Å². The zero-order valence-electron chi connectivity index (χ0n) is 11.7. The van der Waals surface area contributed by atoms with Crippen molar-refractivity contribution in [3.05, 3.63) is 6.20 Å². The summed E-state index contributed by atoms with van der Waals surface area (Å²) in [6.07, 6.45) is 1.20. The fraction of sp³-hybridized carbons (Fsp3) is 0.600. The number of anilines is 1. The maximum Gasteiger partial charge on any atom is 0.334 e. The molecule has 2 rings (SSSR count). The molecule has 1 unspecified atom stereocenters. The summed E-state index contributed by atoms with van der Waals surface area (Å²) in [6.45, 7) is 0.203. The van der Waals surface area contributed by atoms with E-state index in [0.29, 0.717) is 0 Å². The van der Waals surface area contributed by atoms with Crippen LogP contribution in [0.4, 0.5) is 5.82 Å². The number of rotatable bonds is 5. The number of sulfonamides is 1. The van der Waals surface area contributed by atoms with Crippen LogP contribution in [0.3, 0.4) is 0 Å². The van der Waals surface area contributed by atoms with Crippen LogP contribution in [0.15, 0.2) is 6.20 Å². The normalized spacial score (nSPS) is 19.0. The summed E-state index contributed by atoms with van der Waals surface area (Å²) < 4.78 is 30.4. The molecule has 1 fully saturated rings. The summed E-state index contributed by atoms with van der Waals surface area (Å²) >= 11 is 0. The van der Waals surface area contributed by atoms with Gasteiger partial charge in [0.25, 0.3) is 0 Å². The molecule has 1 aliphatic heterocycles. The van der Waals surface area contributed by atoms with Crippen LogP contribution in [0.2, 0.25) is 0 Å². The number of nitrogens with one attached hydrogen (secondary N) is 1. The first kappa shape index (κ1) is 16.2. The molecule has 0 radical (unpaired) electrons. The second-order valence-electron chi connectivity index (χ2n) is 4.71. The Hall–Kier alpha value is -2.21. The van der Waals surface area contributed by atoms with E-state index in [9.17, 15) is 18.0 Å². The van der Waals surface area contributed by atoms with Gasteiger partial charge in [-0.15, -0.1) is 5.10 Å². The molecule has 1 aromatic heterocycles. The number of carbonyl (C=O) groups excluding carboxylic acids is 1. The number of aliphatic carboxylic acids is 1. The molecule has 122 valence electrons. The highest BCUT2D eigenvalue weighted by Gasteiger charge is 2.29. The van der Waals surface area contributed by atoms with E-state index in [1.54, 1.807) is 0 Å². The van der Waals surface area contributed by atoms with E-state index < -0.39 is 22.1 Å². The molecule has 0 aliphatic carbocycles. The van der Waals surface area contributed by atoms with Crippen LogP contribution in [-0.4, -0.2) is 77.4 Å². The molecule has 22 heavy (non-hydrogen) atoms. The van der Waals surface area contributed by atoms with Gasteiger partial charge in [0, 0.05) is 6.54 Å². The van der Waals surface area contributed by atoms with Crippen molar-refractivity contribution in [1.29, 1.82) is 0 Å². The molecule has 2 heterocycles. The molecule has 0 spiro atoms. The Morgan fingerprint density at radius 3 is 2.91 bits per heavy atom. The molecule has 0 aromatic carbocycles. The second-order valence-corrected chi connectivity index (χ2v) is 6.46. The Balaban J connectivity index is 1.96. The third-order valence-electron chi connectivity index (χ3n) is 2.82. The number of carbonyl (C=O) groups is 2. The van der Waals surface area contributed by atoms with Crippen molar-refractivity contribution in [2.75, 3.05) is 30.7 Å². The lowest BCUT2D eigenvalue weighted by Gasteiger charge is -2.30. The molecule has 11 nitrogen and oxygen atoms in total. The fourth-order valence-corrected chi connectivity index (χ4v) is 2.35. The lowest BCUT2D eigenvalue weighted by molar-refractivity contribution is -0.159. The quantitative estimate of drug-likeness (QED) is 0.627. The van der Waals surface area contributed by atoms with Gasteiger partial charge in [0.1, 0.15) is 6.54 Å². The molecule has 0 saturated carbocycles. The van der Waals surface area contributed by atoms with Gasteiger partial charge in [0.05, 0.1) is 25.6 Å². The predicted molar refractivity (Wildman–Crippen MR) is 72.4 cm³/mol. The fourth-order valence-electron chi connectivity index (χ4n) is 1.88. The highest BCUT2D eigenvalue weighted by atomic mass is 32.2. The Morgan fingerprint density at radius 2 is 2.27 bits per heavy atom. The van der Waals surface area contributed by atoms with E-state index in [2.05, 4.69) is 15.0 Å². The maximum absolute atomic E-state index is 12.1. The largest absolute Gasteiger partial charge is 0.479 e. The van der Waals surface area contributed by atoms with Gasteiger partial charge in [-0.05, 0) is 0 Å². The monoisotopic (exact) mass is 333 g/mol. The zero-order chi connectivity index (χ0) is 16.3. The third-order valence-corrected chi connectivity index (χ3v) is 3.40. The molecular formula is C10H15N5O6S. The van der Waals surface area contributed by atoms with Crippen LogP contribution >= 0.6 is 0 Å². The van der Waals surface area contributed by atoms with Crippen molar-refractivity contribution >= 4 is 27.7 Å². The zero-order valence-corrected chi connectivity index (χ0v) is 12.5. The number of morpholine rings is 1. The first-order valence-electron chi connectivity index (χ1n) is 6.25. The van der Waals surface area contributed by atoms with Gasteiger partial charge in [-0.1, -0.05) is 5.21 Å². The molecule has 1 saturated heterocycles. The van der Waals surface area contributed by atoms with Crippen LogP contribution in [0.5, 0.6) is 0 Å². The van der Waals surface area contributed by atoms with Gasteiger partial charge in [0.15, 0.2) is 11.9 Å². The summed E-state index contributed by atoms with van der Waals surface area (Å²) in [6, 6.07) is 0. The van der Waals surface area contributed by atoms with E-state index in [1.165, 1.54) is 15.8 Å². The molecular weight excluding hydrogens is 318 g/mol. The number of carboxylic acid groups (broad SMARTS) is 1. The number of nitrogens with zero attached hydrogens (tertiary/aromatic N) is 4. The highest BCUT2D eigenvalue weighted by molar-refractivity contribution is 7.92. The molecule has 1 atom stereocenters. The van der Waals surface area contributed by atoms with Crippen molar-refractivity contribution in [2.45, 2.75) is 12.6 Å². The lowest BCUT2D eigenvalue weighted by atomic mass is 10.2. The standard InChI is InChI=1S/C10H15N5O6S/c1-22(19,20)12-8-5-15(13-11-8)6-9(16)14-2-3-21-7(4-14)10(17)18/h5,7,12H,2-4,6H2,1H3,(H,17,18). The Bertz CT molecular complexity index is 671. The second kappa shape index (κ2) is 6.27. The van der Waals surface area contributed by atoms with Crippen LogP contribution in [0.1, 0.15) is 0 Å². The number of ether oxygens (including phenoxy) is 1. The maximum atomic E-state index is 12.1. The van der Waals surface area contributed by atoms with Gasteiger partial charge in [-0.25, -0.2) is 17.9 Å². The van der Waals surface area contributed by atoms with Gasteiger partial charge in [0.2, 0.25) is 15.9 Å². The number of hydrogen-bond acceptors (Lipinski definition) is 7. The van der Waals surface area contributed by atoms with Crippen LogP contribution in [-0.2, 0) is 30.9 Å². The van der Waals surface area contributed by atoms with Gasteiger partial charge in [-0.3, -0.25) is 9.52 Å². The summed E-state index contributed by atoms with van der Waals surface area (Å²) in [7, 11) is -3.47. The van der Waals surface area contributed by atoms with Gasteiger partial charge >= 0.3 is 5.97 Å². The number of aromatic nitrogens is 3. The topological polar surface area (TPSA) is 144 Å². The Kier molecular flexibility index (Phi) is 4.61. The smallest absolute Gasteiger partial charge is 0.334 e. The average Bonchev–Trinajstić information content (AvgIpc) is 2.83. The van der Waals surface area contributed by atoms with Crippen LogP contribution < -0.4 is 4.72 Å². The minimum Gasteiger partial charge on any atom is -0.479 e. The predicted octanol–water partition coefficient (Wildman–Crippen LogP) is -2.04. The summed E-state index contributed by atoms with van der Waals surface area (Å²) in [4.78, 5) is 24.3. The van der Waals surface area contributed by atoms with Crippen LogP contribution in [0.25, 0.3) is 0 Å². The average molecular weight is 333 g/mol. The van der Waals surface area contributed by atoms with Crippen molar-refractivity contribution in [1.82, 2.24) is 19.9 Å². The SMILES string of the molecule is CS(=O)(=O)Nc1cn(CC(=O)N2CCOC(C(=O)O)C2)nn1. The molecule has 1 aliphatic rings. The number of hydrogen-bond donors (Lipinski definition) is 2. The van der Waals surface area contributed by atoms with Crippen molar-refractivity contribution in [3.63, 3.8) is 0 Å². The molecule has 1 aromatic rings. The molecule has 0 bridgehead atoms. The minimum absolute atomic E-state index is 0.000639. The molecule has 1 amide bonds. The third kappa shape index (κ3) is 4.39. The van der Waals surface area contributed by atoms with Crippen molar-refractivity contribution in [3.8, 4) is 0 Å².